The van der Waals surface area contributed by atoms with Crippen molar-refractivity contribution in [2.75, 3.05) is 0 Å². The molecule has 0 amide bonds. The van der Waals surface area contributed by atoms with E-state index in [4.69, 9.17) is 0 Å². The van der Waals surface area contributed by atoms with E-state index in [-0.39, 0.29) is 37.8 Å². The van der Waals surface area contributed by atoms with Gasteiger partial charge in [0.05, 0.1) is 23.8 Å². The molecule has 0 saturated carbocycles. The average Bonchev–Trinajstić information content (AvgIpc) is 2.30. The number of hydrogen-bond acceptors (Lipinski definition) is 8. The first-order chi connectivity index (χ1) is 13.0. The molecule has 0 radical (unpaired) electrons. The summed E-state index contributed by atoms with van der Waals surface area (Å²) in [6.45, 7) is 19.2. The Morgan fingerprint density at radius 3 is 0.710 bits per heavy atom. The van der Waals surface area contributed by atoms with Crippen molar-refractivity contribution in [2.24, 2.45) is 22.7 Å². The zero-order chi connectivity index (χ0) is 25.6. The fourth-order valence-corrected chi connectivity index (χ4v) is 2.26. The summed E-state index contributed by atoms with van der Waals surface area (Å²) >= 11 is 0. The van der Waals surface area contributed by atoms with Gasteiger partial charge in [-0.1, -0.05) is 69.2 Å². The first-order valence-corrected chi connectivity index (χ1v) is 9.74. The van der Waals surface area contributed by atoms with Crippen LogP contribution >= 0.6 is 0 Å². The summed E-state index contributed by atoms with van der Waals surface area (Å²) in [5.74, 6) is -5.27. The number of carbonyl (C=O) groups excluding carboxylic acids is 4. The summed E-state index contributed by atoms with van der Waals surface area (Å²) in [4.78, 5) is 42.5. The Bertz CT molecular complexity index is 447. The van der Waals surface area contributed by atoms with Gasteiger partial charge < -0.3 is 30.0 Å². The first kappa shape index (κ1) is 40.4. The van der Waals surface area contributed by atoms with Crippen LogP contribution in [0.4, 0.5) is 0 Å². The van der Waals surface area contributed by atoms with Crippen molar-refractivity contribution >= 4 is 23.5 Å². The number of carbonyl (C=O) groups is 4. The molecule has 0 bridgehead atoms. The van der Waals surface area contributed by atoms with Crippen molar-refractivity contribution in [3.8, 4) is 0 Å². The van der Waals surface area contributed by atoms with Gasteiger partial charge in [0.25, 0.3) is 0 Å². The van der Waals surface area contributed by atoms with Gasteiger partial charge in [0.1, 0.15) is 11.6 Å². The summed E-state index contributed by atoms with van der Waals surface area (Å²) in [5.41, 5.74) is -1.10. The maximum absolute atomic E-state index is 10.8. The minimum absolute atomic E-state index is 0. The van der Waals surface area contributed by atoms with Crippen LogP contribution in [-0.4, -0.2) is 35.7 Å². The molecule has 31 heavy (non-hydrogen) atoms. The van der Waals surface area contributed by atoms with E-state index in [0.29, 0.717) is 0 Å². The predicted molar refractivity (Wildman–Crippen MR) is 108 cm³/mol. The predicted octanol–water partition coefficient (Wildman–Crippen LogP) is -0.517. The molecule has 0 rings (SSSR count). The minimum atomic E-state index is -1.29. The van der Waals surface area contributed by atoms with Gasteiger partial charge in [-0.3, -0.25) is 9.59 Å². The quantitative estimate of drug-likeness (QED) is 0.445. The van der Waals surface area contributed by atoms with E-state index >= 15 is 0 Å². The Balaban J connectivity index is -0.000000106. The van der Waals surface area contributed by atoms with Crippen molar-refractivity contribution in [2.45, 2.75) is 95.3 Å². The van der Waals surface area contributed by atoms with Crippen LogP contribution in [-0.2, 0) is 45.4 Å². The fraction of sp³-hybridized carbons (Fsp3) is 0.818. The van der Waals surface area contributed by atoms with Gasteiger partial charge in [0.2, 0.25) is 0 Å². The number of carboxylic acid groups (broad SMARTS) is 2. The van der Waals surface area contributed by atoms with Crippen LogP contribution in [0.15, 0.2) is 0 Å². The summed E-state index contributed by atoms with van der Waals surface area (Å²) in [7, 11) is 0. The number of carboxylic acids is 2. The van der Waals surface area contributed by atoms with Gasteiger partial charge in [0.15, 0.2) is 0 Å². The van der Waals surface area contributed by atoms with Gasteiger partial charge >= 0.3 is 26.2 Å². The molecular formula is C22H40O8Zr. The van der Waals surface area contributed by atoms with E-state index in [9.17, 15) is 39.6 Å². The van der Waals surface area contributed by atoms with Crippen molar-refractivity contribution in [1.29, 1.82) is 0 Å². The molecule has 0 spiro atoms. The number of ketones is 2. The number of aliphatic carboxylic acids is 2. The van der Waals surface area contributed by atoms with E-state index in [1.165, 1.54) is 13.8 Å². The Morgan fingerprint density at radius 2 is 0.710 bits per heavy atom. The van der Waals surface area contributed by atoms with Crippen molar-refractivity contribution in [1.82, 2.24) is 0 Å². The van der Waals surface area contributed by atoms with Crippen molar-refractivity contribution in [3.63, 3.8) is 0 Å². The van der Waals surface area contributed by atoms with Gasteiger partial charge in [-0.2, -0.15) is 0 Å². The normalized spacial score (nSPS) is 12.4. The molecule has 0 aromatic heterocycles. The molecule has 180 valence electrons. The maximum atomic E-state index is 10.8. The average molecular weight is 524 g/mol. The Kier molecular flexibility index (Phi) is 24.3. The van der Waals surface area contributed by atoms with E-state index in [0.717, 1.165) is 0 Å². The van der Waals surface area contributed by atoms with E-state index in [1.54, 1.807) is 69.2 Å². The van der Waals surface area contributed by atoms with E-state index < -0.39 is 46.8 Å². The molecule has 0 aliphatic rings. The smallest absolute Gasteiger partial charge is 0.852 e. The second-order valence-corrected chi connectivity index (χ2v) is 9.55. The van der Waals surface area contributed by atoms with Gasteiger partial charge in [-0.15, -0.1) is 12.2 Å². The monoisotopic (exact) mass is 522 g/mol. The van der Waals surface area contributed by atoms with Crippen LogP contribution in [0.3, 0.4) is 0 Å². The molecule has 9 heteroatoms. The third kappa shape index (κ3) is 29.1. The fourth-order valence-electron chi connectivity index (χ4n) is 2.26. The summed E-state index contributed by atoms with van der Waals surface area (Å²) in [6.07, 6.45) is -0.833. The molecular weight excluding hydrogens is 483 g/mol. The van der Waals surface area contributed by atoms with Crippen LogP contribution in [0.25, 0.3) is 0 Å². The topological polar surface area (TPSA) is 161 Å². The first-order valence-electron chi connectivity index (χ1n) is 9.74. The minimum Gasteiger partial charge on any atom is -0.852 e. The second kappa shape index (κ2) is 18.6. The Morgan fingerprint density at radius 1 is 0.581 bits per heavy atom. The molecule has 0 aliphatic heterocycles. The van der Waals surface area contributed by atoms with Crippen LogP contribution in [0.1, 0.15) is 83.1 Å². The molecule has 0 heterocycles. The van der Waals surface area contributed by atoms with Gasteiger partial charge in [-0.25, -0.2) is 0 Å². The van der Waals surface area contributed by atoms with E-state index in [2.05, 4.69) is 0 Å². The molecule has 0 aromatic carbocycles. The van der Waals surface area contributed by atoms with Crippen LogP contribution in [0, 0.1) is 22.7 Å². The second-order valence-electron chi connectivity index (χ2n) is 9.55. The SMILES string of the molecule is CC(=O)C(C(=O)[O-])C(C)(C)C.CC(=O)C(C(=O)[O-])C(C)(C)C.CC(C)[O-].CC(C)[O-].[Zr+4]. The molecule has 2 unspecified atom stereocenters. The van der Waals surface area contributed by atoms with Crippen molar-refractivity contribution < 1.29 is 65.8 Å². The number of rotatable bonds is 4. The number of hydrogen-bond donors (Lipinski definition) is 0. The molecule has 0 saturated heterocycles. The van der Waals surface area contributed by atoms with Crippen LogP contribution in [0.2, 0.25) is 0 Å². The molecule has 0 aliphatic carbocycles. The van der Waals surface area contributed by atoms with Gasteiger partial charge in [0, 0.05) is 0 Å². The molecule has 8 nitrogen and oxygen atoms in total. The third-order valence-corrected chi connectivity index (χ3v) is 3.02. The summed E-state index contributed by atoms with van der Waals surface area (Å²) in [6, 6.07) is 0. The standard InChI is InChI=1S/2C8H14O3.2C3H7O.Zr/c2*1-5(9)6(7(10)11)8(2,3)4;2*1-3(2)4;/h2*6H,1-4H3,(H,10,11);2*3H,1-2H3;/q;;2*-1;+4/p-2. The summed E-state index contributed by atoms with van der Waals surface area (Å²) < 4.78 is 0. The maximum Gasteiger partial charge on any atom is 4.00 e. The Hall–Kier alpha value is -0.917. The van der Waals surface area contributed by atoms with Crippen molar-refractivity contribution in [3.05, 3.63) is 0 Å². The third-order valence-electron chi connectivity index (χ3n) is 3.02. The van der Waals surface area contributed by atoms with Crippen LogP contribution in [0.5, 0.6) is 0 Å². The molecule has 2 atom stereocenters. The molecule has 0 aromatic rings. The van der Waals surface area contributed by atoms with Crippen LogP contribution < -0.4 is 20.4 Å². The summed E-state index contributed by atoms with van der Waals surface area (Å²) in [5, 5.41) is 40.0. The molecule has 0 fully saturated rings. The zero-order valence-electron chi connectivity index (χ0n) is 21.1. The zero-order valence-corrected chi connectivity index (χ0v) is 23.5. The number of Topliss-reactive ketones (excluding diaryl/α,β-unsaturated/α-hetero) is 2. The van der Waals surface area contributed by atoms with Gasteiger partial charge in [-0.05, 0) is 24.7 Å². The molecule has 0 N–H and O–H groups in total. The largest absolute Gasteiger partial charge is 4.00 e. The van der Waals surface area contributed by atoms with E-state index in [1.807, 2.05) is 0 Å². The Labute approximate surface area is 206 Å².